The second-order valence-corrected chi connectivity index (χ2v) is 15.6. The fourth-order valence-corrected chi connectivity index (χ4v) is 8.83. The fourth-order valence-electron chi connectivity index (χ4n) is 8.83. The smallest absolute Gasteiger partial charge is 0.164 e. The third kappa shape index (κ3) is 6.14. The molecule has 0 amide bonds. The minimum Gasteiger partial charge on any atom is -0.455 e. The van der Waals surface area contributed by atoms with Crippen molar-refractivity contribution in [3.63, 3.8) is 0 Å². The number of aromatic nitrogens is 4. The normalized spacial score (nSPS) is 11.5. The van der Waals surface area contributed by atoms with Crippen molar-refractivity contribution in [1.82, 2.24) is 19.5 Å². The van der Waals surface area contributed by atoms with E-state index in [2.05, 4.69) is 211 Å². The summed E-state index contributed by atoms with van der Waals surface area (Å²) in [6.07, 6.45) is 0. The molecule has 0 aliphatic rings. The van der Waals surface area contributed by atoms with Gasteiger partial charge in [0.15, 0.2) is 17.5 Å². The molecule has 0 unspecified atom stereocenters. The van der Waals surface area contributed by atoms with Crippen LogP contribution in [0.3, 0.4) is 0 Å². The highest BCUT2D eigenvalue weighted by Crippen LogP contribution is 2.41. The van der Waals surface area contributed by atoms with E-state index in [1.165, 1.54) is 5.39 Å². The second kappa shape index (κ2) is 14.7. The highest BCUT2D eigenvalue weighted by Gasteiger charge is 2.19. The van der Waals surface area contributed by atoms with Crippen LogP contribution in [0.4, 0.5) is 0 Å². The Labute approximate surface area is 357 Å². The molecule has 62 heavy (non-hydrogen) atoms. The fraction of sp³-hybridized carbons (Fsp3) is 0. The Morgan fingerprint density at radius 3 is 1.42 bits per heavy atom. The zero-order valence-corrected chi connectivity index (χ0v) is 33.5. The van der Waals surface area contributed by atoms with Gasteiger partial charge in [-0.25, -0.2) is 15.0 Å². The van der Waals surface area contributed by atoms with E-state index >= 15 is 0 Å². The first-order valence-corrected chi connectivity index (χ1v) is 20.8. The van der Waals surface area contributed by atoms with Gasteiger partial charge >= 0.3 is 0 Å². The summed E-state index contributed by atoms with van der Waals surface area (Å²) in [6.45, 7) is 0. The molecule has 0 fully saturated rings. The largest absolute Gasteiger partial charge is 0.455 e. The monoisotopic (exact) mass is 792 g/mol. The van der Waals surface area contributed by atoms with Crippen molar-refractivity contribution in [2.24, 2.45) is 0 Å². The first-order valence-electron chi connectivity index (χ1n) is 20.8. The van der Waals surface area contributed by atoms with Gasteiger partial charge in [0.05, 0.1) is 16.4 Å². The summed E-state index contributed by atoms with van der Waals surface area (Å²) in [4.78, 5) is 15.3. The van der Waals surface area contributed by atoms with Crippen molar-refractivity contribution < 1.29 is 4.42 Å². The van der Waals surface area contributed by atoms with E-state index in [-0.39, 0.29) is 0 Å². The molecule has 0 atom stereocenters. The maximum absolute atomic E-state index is 6.82. The van der Waals surface area contributed by atoms with E-state index in [1.807, 2.05) is 12.1 Å². The lowest BCUT2D eigenvalue weighted by molar-refractivity contribution is 0.673. The molecule has 9 aromatic carbocycles. The second-order valence-electron chi connectivity index (χ2n) is 15.6. The lowest BCUT2D eigenvalue weighted by atomic mass is 10.0. The van der Waals surface area contributed by atoms with Gasteiger partial charge < -0.3 is 8.98 Å². The zero-order valence-electron chi connectivity index (χ0n) is 33.5. The van der Waals surface area contributed by atoms with E-state index in [9.17, 15) is 0 Å². The molecule has 12 aromatic rings. The van der Waals surface area contributed by atoms with Crippen LogP contribution in [0.15, 0.2) is 223 Å². The van der Waals surface area contributed by atoms with Crippen molar-refractivity contribution in [1.29, 1.82) is 0 Å². The summed E-state index contributed by atoms with van der Waals surface area (Å²) in [6, 6.07) is 76.2. The molecule has 5 nitrogen and oxygen atoms in total. The van der Waals surface area contributed by atoms with E-state index < -0.39 is 0 Å². The summed E-state index contributed by atoms with van der Waals surface area (Å²) in [5, 5.41) is 4.50. The summed E-state index contributed by atoms with van der Waals surface area (Å²) in [5.74, 6) is 1.85. The van der Waals surface area contributed by atoms with Gasteiger partial charge in [-0.2, -0.15) is 0 Å². The maximum atomic E-state index is 6.82. The van der Waals surface area contributed by atoms with Gasteiger partial charge in [0.25, 0.3) is 0 Å². The third-order valence-electron chi connectivity index (χ3n) is 11.9. The van der Waals surface area contributed by atoms with Crippen molar-refractivity contribution in [2.75, 3.05) is 0 Å². The van der Waals surface area contributed by atoms with Crippen molar-refractivity contribution in [3.05, 3.63) is 218 Å². The maximum Gasteiger partial charge on any atom is 0.164 e. The van der Waals surface area contributed by atoms with Crippen LogP contribution in [0.2, 0.25) is 0 Å². The number of rotatable bonds is 7. The molecule has 0 radical (unpaired) electrons. The number of fused-ring (bicyclic) bond motifs is 7. The van der Waals surface area contributed by atoms with Gasteiger partial charge in [-0.3, -0.25) is 0 Å². The third-order valence-corrected chi connectivity index (χ3v) is 11.9. The SMILES string of the molecule is c1ccc(-c2cccc(-c3nc(-c4ccc(-c5ccc6c(c5)oc5c6ccc6c5c5ccccc5n6-c5ccccc5)cc4)nc(-c4cccc(-c5ccccc5)c4)n3)c2)cc1. The van der Waals surface area contributed by atoms with Crippen LogP contribution >= 0.6 is 0 Å². The lowest BCUT2D eigenvalue weighted by Crippen LogP contribution is -2.00. The summed E-state index contributed by atoms with van der Waals surface area (Å²) < 4.78 is 9.15. The van der Waals surface area contributed by atoms with Crippen molar-refractivity contribution in [3.8, 4) is 73.2 Å². The predicted octanol–water partition coefficient (Wildman–Crippen LogP) is 14.9. The first kappa shape index (κ1) is 35.5. The number of hydrogen-bond acceptors (Lipinski definition) is 4. The molecule has 0 spiro atoms. The molecule has 0 aliphatic heterocycles. The van der Waals surface area contributed by atoms with Gasteiger partial charge in [-0.15, -0.1) is 0 Å². The molecule has 5 heteroatoms. The van der Waals surface area contributed by atoms with Crippen LogP contribution in [0.1, 0.15) is 0 Å². The highest BCUT2D eigenvalue weighted by molar-refractivity contribution is 6.24. The Hall–Kier alpha value is -8.41. The average Bonchev–Trinajstić information content (AvgIpc) is 3.90. The standard InChI is InChI=1S/C57H36N4O/c1-4-14-37(15-5-1)41-18-12-20-44(34-41)56-58-55(59-57(60-56)45-21-13-19-42(35-45)38-16-6-2-7-17-38)40-28-26-39(27-29-40)43-30-31-47-48-32-33-51-53(54(48)62-52(47)36-43)49-24-10-11-25-50(49)61(51)46-22-8-3-9-23-46/h1-36H. The lowest BCUT2D eigenvalue weighted by Gasteiger charge is -2.11. The molecule has 0 saturated carbocycles. The highest BCUT2D eigenvalue weighted by atomic mass is 16.3. The van der Waals surface area contributed by atoms with Crippen LogP contribution < -0.4 is 0 Å². The molecule has 0 N–H and O–H groups in total. The van der Waals surface area contributed by atoms with E-state index in [0.29, 0.717) is 17.5 Å². The van der Waals surface area contributed by atoms with Crippen LogP contribution in [0, 0.1) is 0 Å². The number of nitrogens with zero attached hydrogens (tertiary/aromatic N) is 4. The van der Waals surface area contributed by atoms with Crippen molar-refractivity contribution in [2.45, 2.75) is 0 Å². The van der Waals surface area contributed by atoms with Crippen LogP contribution in [0.25, 0.3) is 117 Å². The van der Waals surface area contributed by atoms with Gasteiger partial charge in [0.1, 0.15) is 11.2 Å². The Kier molecular flexibility index (Phi) is 8.42. The molecular weight excluding hydrogens is 757 g/mol. The van der Waals surface area contributed by atoms with Crippen molar-refractivity contribution >= 4 is 43.7 Å². The molecular formula is C57H36N4O. The number of furan rings is 1. The van der Waals surface area contributed by atoms with Crippen LogP contribution in [0.5, 0.6) is 0 Å². The van der Waals surface area contributed by atoms with Gasteiger partial charge in [0.2, 0.25) is 0 Å². The molecule has 3 aromatic heterocycles. The minimum atomic E-state index is 0.609. The van der Waals surface area contributed by atoms with Gasteiger partial charge in [-0.05, 0) is 88.0 Å². The summed E-state index contributed by atoms with van der Waals surface area (Å²) >= 11 is 0. The van der Waals surface area contributed by atoms with E-state index in [4.69, 9.17) is 19.4 Å². The Morgan fingerprint density at radius 1 is 0.306 bits per heavy atom. The van der Waals surface area contributed by atoms with Crippen LogP contribution in [-0.2, 0) is 0 Å². The number of hydrogen-bond donors (Lipinski definition) is 0. The molecule has 290 valence electrons. The molecule has 0 aliphatic carbocycles. The average molecular weight is 793 g/mol. The number of para-hydroxylation sites is 2. The topological polar surface area (TPSA) is 56.7 Å². The molecule has 0 saturated heterocycles. The first-order chi connectivity index (χ1) is 30.7. The quantitative estimate of drug-likeness (QED) is 0.161. The summed E-state index contributed by atoms with van der Waals surface area (Å²) in [7, 11) is 0. The number of benzene rings is 9. The minimum absolute atomic E-state index is 0.609. The van der Waals surface area contributed by atoms with E-state index in [0.717, 1.165) is 94.1 Å². The molecule has 12 rings (SSSR count). The van der Waals surface area contributed by atoms with E-state index in [1.54, 1.807) is 0 Å². The van der Waals surface area contributed by atoms with Crippen LogP contribution in [-0.4, -0.2) is 19.5 Å². The Balaban J connectivity index is 0.941. The summed E-state index contributed by atoms with van der Waals surface area (Å²) in [5.41, 5.74) is 14.5. The zero-order chi connectivity index (χ0) is 41.0. The Morgan fingerprint density at radius 2 is 0.774 bits per heavy atom. The van der Waals surface area contributed by atoms with Gasteiger partial charge in [-0.1, -0.05) is 164 Å². The molecule has 3 heterocycles. The van der Waals surface area contributed by atoms with Gasteiger partial charge in [0, 0.05) is 38.5 Å². The molecule has 0 bridgehead atoms. The predicted molar refractivity (Wildman–Crippen MR) is 254 cm³/mol. The Bertz CT molecular complexity index is 3510.